The molecule has 156 valence electrons. The number of nitrogens with one attached hydrogen (secondary N) is 2. The smallest absolute Gasteiger partial charge is 0.225 e. The second kappa shape index (κ2) is 9.33. The number of furan rings is 1. The van der Waals surface area contributed by atoms with E-state index < -0.39 is 0 Å². The fraction of sp³-hybridized carbons (Fsp3) is 0.565. The summed E-state index contributed by atoms with van der Waals surface area (Å²) in [5, 5.41) is 7.93. The van der Waals surface area contributed by atoms with Crippen LogP contribution in [0.2, 0.25) is 0 Å². The van der Waals surface area contributed by atoms with Crippen molar-refractivity contribution in [3.8, 4) is 0 Å². The van der Waals surface area contributed by atoms with Crippen molar-refractivity contribution in [2.45, 2.75) is 58.0 Å². The molecule has 2 aromatic rings. The van der Waals surface area contributed by atoms with E-state index in [-0.39, 0.29) is 12.0 Å². The third-order valence-corrected chi connectivity index (χ3v) is 6.01. The van der Waals surface area contributed by atoms with Gasteiger partial charge < -0.3 is 20.0 Å². The molecule has 6 nitrogen and oxygen atoms in total. The third kappa shape index (κ3) is 4.92. The Morgan fingerprint density at radius 3 is 2.83 bits per heavy atom. The van der Waals surface area contributed by atoms with Gasteiger partial charge in [0, 0.05) is 37.0 Å². The molecule has 2 N–H and O–H groups in total. The van der Waals surface area contributed by atoms with Gasteiger partial charge in [-0.1, -0.05) is 37.5 Å². The molecule has 1 atom stereocenters. The first kappa shape index (κ1) is 19.8. The molecule has 1 saturated heterocycles. The van der Waals surface area contributed by atoms with Gasteiger partial charge in [-0.15, -0.1) is 0 Å². The van der Waals surface area contributed by atoms with Crippen molar-refractivity contribution in [2.75, 3.05) is 19.6 Å². The van der Waals surface area contributed by atoms with Gasteiger partial charge in [0.1, 0.15) is 17.9 Å². The summed E-state index contributed by atoms with van der Waals surface area (Å²) in [7, 11) is 0. The maximum Gasteiger partial charge on any atom is 0.225 e. The number of nitrogens with zero attached hydrogens (tertiary/aromatic N) is 2. The summed E-state index contributed by atoms with van der Waals surface area (Å²) in [6, 6.07) is 10.3. The first-order chi connectivity index (χ1) is 14.2. The molecular formula is C23H32N4O2. The molecular weight excluding hydrogens is 364 g/mol. The van der Waals surface area contributed by atoms with Gasteiger partial charge in [-0.2, -0.15) is 0 Å². The number of hydrogen-bond donors (Lipinski definition) is 2. The highest BCUT2D eigenvalue weighted by Crippen LogP contribution is 2.26. The molecule has 2 heterocycles. The summed E-state index contributed by atoms with van der Waals surface area (Å²) < 4.78 is 5.87. The lowest BCUT2D eigenvalue weighted by atomic mass is 9.88. The standard InChI is InChI=1S/C23H32N4O2/c1-2-24-23(25-15-20-14-18-10-6-7-11-21(18)29-20)26-19-12-13-27(16-19)22(28)17-8-4-3-5-9-17/h6-7,10-11,14,17,19H,2-5,8-9,12-13,15-16H2,1H3,(H2,24,25,26). The largest absolute Gasteiger partial charge is 0.459 e. The van der Waals surface area contributed by atoms with E-state index in [2.05, 4.69) is 22.5 Å². The van der Waals surface area contributed by atoms with Gasteiger partial charge in [-0.05, 0) is 38.3 Å². The molecule has 1 aromatic heterocycles. The van der Waals surface area contributed by atoms with E-state index in [0.29, 0.717) is 12.5 Å². The summed E-state index contributed by atoms with van der Waals surface area (Å²) in [5.41, 5.74) is 0.892. The van der Waals surface area contributed by atoms with Gasteiger partial charge in [0.25, 0.3) is 0 Å². The molecule has 4 rings (SSSR count). The van der Waals surface area contributed by atoms with Crippen LogP contribution in [0.5, 0.6) is 0 Å². The number of rotatable bonds is 5. The molecule has 0 spiro atoms. The van der Waals surface area contributed by atoms with Crippen molar-refractivity contribution in [1.29, 1.82) is 0 Å². The van der Waals surface area contributed by atoms with Crippen LogP contribution < -0.4 is 10.6 Å². The van der Waals surface area contributed by atoms with Gasteiger partial charge in [-0.3, -0.25) is 4.79 Å². The molecule has 1 aliphatic heterocycles. The molecule has 6 heteroatoms. The van der Waals surface area contributed by atoms with Crippen molar-refractivity contribution in [1.82, 2.24) is 15.5 Å². The van der Waals surface area contributed by atoms with Crippen molar-refractivity contribution >= 4 is 22.8 Å². The molecule has 0 radical (unpaired) electrons. The molecule has 1 unspecified atom stereocenters. The Morgan fingerprint density at radius 1 is 1.21 bits per heavy atom. The number of fused-ring (bicyclic) bond motifs is 1. The molecule has 1 saturated carbocycles. The number of aliphatic imine (C=N–C) groups is 1. The number of benzene rings is 1. The number of hydrogen-bond acceptors (Lipinski definition) is 3. The predicted molar refractivity (Wildman–Crippen MR) is 116 cm³/mol. The average molecular weight is 397 g/mol. The lowest BCUT2D eigenvalue weighted by molar-refractivity contribution is -0.135. The highest BCUT2D eigenvalue weighted by atomic mass is 16.3. The first-order valence-electron chi connectivity index (χ1n) is 11.0. The predicted octanol–water partition coefficient (Wildman–Crippen LogP) is 3.67. The van der Waals surface area contributed by atoms with Crippen LogP contribution >= 0.6 is 0 Å². The molecule has 1 aliphatic carbocycles. The van der Waals surface area contributed by atoms with Crippen LogP contribution in [-0.2, 0) is 11.3 Å². The lowest BCUT2D eigenvalue weighted by Gasteiger charge is -2.26. The Balaban J connectivity index is 1.34. The quantitative estimate of drug-likeness (QED) is 0.598. The minimum Gasteiger partial charge on any atom is -0.459 e. The zero-order valence-corrected chi connectivity index (χ0v) is 17.3. The molecule has 0 bridgehead atoms. The number of guanidine groups is 1. The SMILES string of the molecule is CCNC(=NCc1cc2ccccc2o1)NC1CCN(C(=O)C2CCCCC2)C1. The zero-order valence-electron chi connectivity index (χ0n) is 17.3. The van der Waals surface area contributed by atoms with E-state index in [1.165, 1.54) is 19.3 Å². The minimum atomic E-state index is 0.246. The van der Waals surface area contributed by atoms with Crippen molar-refractivity contribution < 1.29 is 9.21 Å². The topological polar surface area (TPSA) is 69.9 Å². The minimum absolute atomic E-state index is 0.246. The zero-order chi connectivity index (χ0) is 20.1. The van der Waals surface area contributed by atoms with Gasteiger partial charge in [0.2, 0.25) is 5.91 Å². The van der Waals surface area contributed by atoms with E-state index in [1.807, 2.05) is 30.3 Å². The van der Waals surface area contributed by atoms with E-state index in [9.17, 15) is 4.79 Å². The Bertz CT molecular complexity index is 820. The summed E-state index contributed by atoms with van der Waals surface area (Å²) >= 11 is 0. The number of carbonyl (C=O) groups excluding carboxylic acids is 1. The van der Waals surface area contributed by atoms with Crippen LogP contribution in [0, 0.1) is 5.92 Å². The second-order valence-corrected chi connectivity index (χ2v) is 8.19. The maximum absolute atomic E-state index is 12.8. The molecule has 2 aliphatic rings. The lowest BCUT2D eigenvalue weighted by Crippen LogP contribution is -2.45. The first-order valence-corrected chi connectivity index (χ1v) is 11.0. The normalized spacial score (nSPS) is 20.9. The van der Waals surface area contributed by atoms with Gasteiger partial charge >= 0.3 is 0 Å². The van der Waals surface area contributed by atoms with Crippen LogP contribution in [0.4, 0.5) is 0 Å². The van der Waals surface area contributed by atoms with Gasteiger partial charge in [0.15, 0.2) is 5.96 Å². The van der Waals surface area contributed by atoms with E-state index >= 15 is 0 Å². The summed E-state index contributed by atoms with van der Waals surface area (Å²) in [6.45, 7) is 4.96. The number of carbonyl (C=O) groups is 1. The fourth-order valence-electron chi connectivity index (χ4n) is 4.47. The summed E-state index contributed by atoms with van der Waals surface area (Å²) in [4.78, 5) is 19.5. The van der Waals surface area contributed by atoms with Gasteiger partial charge in [0.05, 0.1) is 0 Å². The van der Waals surface area contributed by atoms with Crippen molar-refractivity contribution in [2.24, 2.45) is 10.9 Å². The Kier molecular flexibility index (Phi) is 6.37. The van der Waals surface area contributed by atoms with Crippen molar-refractivity contribution in [3.05, 3.63) is 36.1 Å². The van der Waals surface area contributed by atoms with Crippen LogP contribution in [-0.4, -0.2) is 42.4 Å². The fourth-order valence-corrected chi connectivity index (χ4v) is 4.47. The van der Waals surface area contributed by atoms with E-state index in [0.717, 1.165) is 61.6 Å². The average Bonchev–Trinajstić information content (AvgIpc) is 3.39. The maximum atomic E-state index is 12.8. The third-order valence-electron chi connectivity index (χ3n) is 6.01. The highest BCUT2D eigenvalue weighted by molar-refractivity contribution is 5.82. The van der Waals surface area contributed by atoms with Gasteiger partial charge in [-0.25, -0.2) is 4.99 Å². The van der Waals surface area contributed by atoms with Crippen LogP contribution in [0.1, 0.15) is 51.2 Å². The Hall–Kier alpha value is -2.50. The Morgan fingerprint density at radius 2 is 2.03 bits per heavy atom. The van der Waals surface area contributed by atoms with E-state index in [1.54, 1.807) is 0 Å². The molecule has 1 amide bonds. The number of likely N-dealkylation sites (tertiary alicyclic amines) is 1. The van der Waals surface area contributed by atoms with Crippen LogP contribution in [0.3, 0.4) is 0 Å². The molecule has 1 aromatic carbocycles. The molecule has 2 fully saturated rings. The second-order valence-electron chi connectivity index (χ2n) is 8.19. The highest BCUT2D eigenvalue weighted by Gasteiger charge is 2.31. The number of amides is 1. The monoisotopic (exact) mass is 396 g/mol. The Labute approximate surface area is 172 Å². The summed E-state index contributed by atoms with van der Waals surface area (Å²) in [6.07, 6.45) is 6.77. The summed E-state index contributed by atoms with van der Waals surface area (Å²) in [5.74, 6) is 2.24. The van der Waals surface area contributed by atoms with Crippen molar-refractivity contribution in [3.63, 3.8) is 0 Å². The molecule has 29 heavy (non-hydrogen) atoms. The van der Waals surface area contributed by atoms with E-state index in [4.69, 9.17) is 9.41 Å². The van der Waals surface area contributed by atoms with Crippen LogP contribution in [0.25, 0.3) is 11.0 Å². The van der Waals surface area contributed by atoms with Crippen LogP contribution in [0.15, 0.2) is 39.7 Å². The number of para-hydroxylation sites is 1.